The van der Waals surface area contributed by atoms with Crippen molar-refractivity contribution in [3.63, 3.8) is 0 Å². The first-order valence-corrected chi connectivity index (χ1v) is 8.75. The van der Waals surface area contributed by atoms with Gasteiger partial charge in [0, 0.05) is 29.4 Å². The topological polar surface area (TPSA) is 95.7 Å². The van der Waals surface area contributed by atoms with Crippen LogP contribution in [0.4, 0.5) is 0 Å². The number of nitrogens with zero attached hydrogens (tertiary/aromatic N) is 2. The summed E-state index contributed by atoms with van der Waals surface area (Å²) in [6, 6.07) is 3.42. The van der Waals surface area contributed by atoms with Crippen molar-refractivity contribution in [2.45, 2.75) is 32.3 Å². The molecule has 1 aliphatic carbocycles. The molecule has 3 rings (SSSR count). The Kier molecular flexibility index (Phi) is 5.19. The minimum absolute atomic E-state index is 0.0162. The Bertz CT molecular complexity index is 867. The number of rotatable bonds is 4. The number of phenolic OH excluding ortho intramolecular Hbond substituents is 2. The molecule has 3 unspecified atom stereocenters. The number of aromatic nitrogens is 2. The lowest BCUT2D eigenvalue weighted by Gasteiger charge is -2.34. The van der Waals surface area contributed by atoms with Crippen molar-refractivity contribution < 1.29 is 20.1 Å². The number of methoxy groups -OCH3 is 1. The molecule has 142 valence electrons. The second kappa shape index (κ2) is 7.40. The molecular formula is C21H24N2O4. The van der Waals surface area contributed by atoms with Crippen LogP contribution in [-0.4, -0.2) is 38.5 Å². The van der Waals surface area contributed by atoms with Gasteiger partial charge in [0.15, 0.2) is 0 Å². The molecule has 0 radical (unpaired) electrons. The maximum absolute atomic E-state index is 10.7. The second-order valence-corrected chi connectivity index (χ2v) is 7.03. The van der Waals surface area contributed by atoms with E-state index < -0.39 is 6.10 Å². The Balaban J connectivity index is 2.05. The van der Waals surface area contributed by atoms with Crippen molar-refractivity contribution in [2.75, 3.05) is 7.11 Å². The number of benzene rings is 1. The molecular weight excluding hydrogens is 344 g/mol. The third kappa shape index (κ3) is 3.66. The van der Waals surface area contributed by atoms with Crippen LogP contribution in [0, 0.1) is 5.92 Å². The van der Waals surface area contributed by atoms with E-state index in [1.807, 2.05) is 19.9 Å². The number of aromatic hydroxyl groups is 2. The summed E-state index contributed by atoms with van der Waals surface area (Å²) in [6.07, 6.45) is 5.01. The average Bonchev–Trinajstić information content (AvgIpc) is 2.63. The van der Waals surface area contributed by atoms with Crippen LogP contribution in [0.2, 0.25) is 0 Å². The Labute approximate surface area is 158 Å². The molecule has 1 aromatic heterocycles. The van der Waals surface area contributed by atoms with Crippen molar-refractivity contribution in [3.05, 3.63) is 53.9 Å². The molecule has 3 N–H and O–H groups in total. The summed E-state index contributed by atoms with van der Waals surface area (Å²) in [5.41, 5.74) is 3.40. The third-order valence-electron chi connectivity index (χ3n) is 5.13. The number of allylic oxidation sites excluding steroid dienone is 2. The van der Waals surface area contributed by atoms with Gasteiger partial charge in [-0.2, -0.15) is 0 Å². The maximum Gasteiger partial charge on any atom is 0.316 e. The number of hydrogen-bond donors (Lipinski definition) is 3. The highest BCUT2D eigenvalue weighted by molar-refractivity contribution is 5.68. The van der Waals surface area contributed by atoms with E-state index in [-0.39, 0.29) is 29.3 Å². The van der Waals surface area contributed by atoms with E-state index in [0.717, 1.165) is 11.1 Å². The highest BCUT2D eigenvalue weighted by atomic mass is 16.5. The van der Waals surface area contributed by atoms with Gasteiger partial charge in [-0.05, 0) is 49.5 Å². The van der Waals surface area contributed by atoms with Crippen LogP contribution in [0.25, 0.3) is 11.1 Å². The summed E-state index contributed by atoms with van der Waals surface area (Å²) in [7, 11) is 1.48. The zero-order chi connectivity index (χ0) is 19.7. The lowest BCUT2D eigenvalue weighted by atomic mass is 9.72. The molecule has 0 amide bonds. The minimum atomic E-state index is -0.539. The van der Waals surface area contributed by atoms with Crippen LogP contribution in [0.1, 0.15) is 31.7 Å². The number of aliphatic hydroxyl groups excluding tert-OH is 1. The third-order valence-corrected chi connectivity index (χ3v) is 5.13. The van der Waals surface area contributed by atoms with Gasteiger partial charge in [-0.25, -0.2) is 9.97 Å². The highest BCUT2D eigenvalue weighted by Gasteiger charge is 2.33. The predicted molar refractivity (Wildman–Crippen MR) is 103 cm³/mol. The Morgan fingerprint density at radius 3 is 2.26 bits per heavy atom. The van der Waals surface area contributed by atoms with Crippen molar-refractivity contribution in [2.24, 2.45) is 5.92 Å². The Hall–Kier alpha value is -2.86. The molecule has 6 heteroatoms. The largest absolute Gasteiger partial charge is 0.507 e. The lowest BCUT2D eigenvalue weighted by Crippen LogP contribution is -2.26. The molecule has 27 heavy (non-hydrogen) atoms. The van der Waals surface area contributed by atoms with Crippen molar-refractivity contribution in [1.82, 2.24) is 9.97 Å². The SMILES string of the molecule is C=C(C)C1CC(O)C(C)=CC1c1c(O)cc(-c2cnc(OC)nc2)cc1O. The van der Waals surface area contributed by atoms with Gasteiger partial charge in [-0.3, -0.25) is 0 Å². The lowest BCUT2D eigenvalue weighted by molar-refractivity contribution is 0.168. The minimum Gasteiger partial charge on any atom is -0.507 e. The first-order chi connectivity index (χ1) is 12.8. The van der Waals surface area contributed by atoms with E-state index >= 15 is 0 Å². The van der Waals surface area contributed by atoms with E-state index in [2.05, 4.69) is 16.5 Å². The summed E-state index contributed by atoms with van der Waals surface area (Å²) >= 11 is 0. The van der Waals surface area contributed by atoms with Crippen LogP contribution < -0.4 is 4.74 Å². The zero-order valence-electron chi connectivity index (χ0n) is 15.7. The van der Waals surface area contributed by atoms with Crippen LogP contribution >= 0.6 is 0 Å². The summed E-state index contributed by atoms with van der Waals surface area (Å²) in [5, 5.41) is 31.6. The second-order valence-electron chi connectivity index (χ2n) is 7.03. The van der Waals surface area contributed by atoms with Gasteiger partial charge < -0.3 is 20.1 Å². The highest BCUT2D eigenvalue weighted by Crippen LogP contribution is 2.47. The fraction of sp³-hybridized carbons (Fsp3) is 0.333. The standard InChI is InChI=1S/C21H24N2O4/c1-11(2)15-8-17(24)12(3)5-16(15)20-18(25)6-13(7-19(20)26)14-9-22-21(27-4)23-10-14/h5-7,9-10,15-17,24-26H,1,8H2,2-4H3. The van der Waals surface area contributed by atoms with Gasteiger partial charge in [0.2, 0.25) is 0 Å². The van der Waals surface area contributed by atoms with Crippen LogP contribution in [0.3, 0.4) is 0 Å². The van der Waals surface area contributed by atoms with Gasteiger partial charge in [0.25, 0.3) is 0 Å². The van der Waals surface area contributed by atoms with Gasteiger partial charge in [-0.1, -0.05) is 18.2 Å². The Morgan fingerprint density at radius 1 is 1.15 bits per heavy atom. The van der Waals surface area contributed by atoms with E-state index in [1.165, 1.54) is 7.11 Å². The van der Waals surface area contributed by atoms with E-state index in [4.69, 9.17) is 4.74 Å². The van der Waals surface area contributed by atoms with E-state index in [0.29, 0.717) is 23.1 Å². The van der Waals surface area contributed by atoms with Crippen LogP contribution in [0.15, 0.2) is 48.3 Å². The van der Waals surface area contributed by atoms with Crippen LogP contribution in [0.5, 0.6) is 17.5 Å². The van der Waals surface area contributed by atoms with Crippen molar-refractivity contribution >= 4 is 0 Å². The molecule has 1 aliphatic rings. The number of ether oxygens (including phenoxy) is 1. The molecule has 1 heterocycles. The molecule has 0 aliphatic heterocycles. The first-order valence-electron chi connectivity index (χ1n) is 8.75. The van der Waals surface area contributed by atoms with E-state index in [9.17, 15) is 15.3 Å². The maximum atomic E-state index is 10.7. The summed E-state index contributed by atoms with van der Waals surface area (Å²) in [4.78, 5) is 8.11. The molecule has 0 saturated carbocycles. The first kappa shape index (κ1) is 18.9. The molecule has 3 atom stereocenters. The number of phenols is 2. The van der Waals surface area contributed by atoms with Gasteiger partial charge in [-0.15, -0.1) is 0 Å². The molecule has 0 spiro atoms. The van der Waals surface area contributed by atoms with Crippen molar-refractivity contribution in [3.8, 4) is 28.6 Å². The summed E-state index contributed by atoms with van der Waals surface area (Å²) in [5.74, 6) is -0.363. The Morgan fingerprint density at radius 2 is 1.74 bits per heavy atom. The quantitative estimate of drug-likeness (QED) is 0.714. The van der Waals surface area contributed by atoms with Crippen molar-refractivity contribution in [1.29, 1.82) is 0 Å². The van der Waals surface area contributed by atoms with Gasteiger partial charge >= 0.3 is 6.01 Å². The summed E-state index contributed by atoms with van der Waals surface area (Å²) in [6.45, 7) is 7.77. The molecule has 1 aromatic carbocycles. The fourth-order valence-corrected chi connectivity index (χ4v) is 3.58. The van der Waals surface area contributed by atoms with Gasteiger partial charge in [0.1, 0.15) is 11.5 Å². The predicted octanol–water partition coefficient (Wildman–Crippen LogP) is 3.55. The van der Waals surface area contributed by atoms with Gasteiger partial charge in [0.05, 0.1) is 13.2 Å². The molecule has 2 aromatic rings. The molecule has 0 saturated heterocycles. The number of hydrogen-bond acceptors (Lipinski definition) is 6. The fourth-order valence-electron chi connectivity index (χ4n) is 3.58. The zero-order valence-corrected chi connectivity index (χ0v) is 15.7. The normalized spacial score (nSPS) is 22.2. The molecule has 6 nitrogen and oxygen atoms in total. The smallest absolute Gasteiger partial charge is 0.316 e. The summed E-state index contributed by atoms with van der Waals surface area (Å²) < 4.78 is 4.95. The average molecular weight is 368 g/mol. The monoisotopic (exact) mass is 368 g/mol. The molecule has 0 bridgehead atoms. The van der Waals surface area contributed by atoms with E-state index in [1.54, 1.807) is 24.5 Å². The number of aliphatic hydroxyl groups is 1. The van der Waals surface area contributed by atoms with Crippen LogP contribution in [-0.2, 0) is 0 Å². The molecule has 0 fully saturated rings.